The van der Waals surface area contributed by atoms with Gasteiger partial charge in [-0.05, 0) is 30.6 Å². The molecular weight excluding hydrogens is 188 g/mol. The van der Waals surface area contributed by atoms with Gasteiger partial charge in [-0.1, -0.05) is 36.8 Å². The van der Waals surface area contributed by atoms with Crippen molar-refractivity contribution in [2.75, 3.05) is 6.61 Å². The molecule has 0 aromatic heterocycles. The normalized spacial score (nSPS) is 27.5. The van der Waals surface area contributed by atoms with E-state index in [9.17, 15) is 0 Å². The largest absolute Gasteiger partial charge is 0.417 e. The van der Waals surface area contributed by atoms with Gasteiger partial charge in [0.05, 0.1) is 0 Å². The van der Waals surface area contributed by atoms with Gasteiger partial charge < -0.3 is 4.43 Å². The van der Waals surface area contributed by atoms with E-state index in [1.54, 1.807) is 0 Å². The highest BCUT2D eigenvalue weighted by molar-refractivity contribution is 6.72. The molecule has 0 bridgehead atoms. The molecule has 0 amide bonds. The topological polar surface area (TPSA) is 9.23 Å². The molecule has 14 heavy (non-hydrogen) atoms. The molecule has 0 spiro atoms. The first kappa shape index (κ1) is 9.93. The molecule has 0 radical (unpaired) electrons. The molecule has 2 rings (SSSR count). The Morgan fingerprint density at radius 1 is 1.21 bits per heavy atom. The molecule has 2 heteroatoms. The standard InChI is InChI=1S/C12H18OSi/c1-14(10-6-5-9-13-14)11-12-7-3-2-4-8-12/h2-4,7-8H,5-6,9-11H2,1H3. The van der Waals surface area contributed by atoms with Crippen molar-refractivity contribution < 1.29 is 4.43 Å². The lowest BCUT2D eigenvalue weighted by molar-refractivity contribution is 0.270. The van der Waals surface area contributed by atoms with Crippen LogP contribution in [0.4, 0.5) is 0 Å². The van der Waals surface area contributed by atoms with Gasteiger partial charge in [0.2, 0.25) is 0 Å². The minimum absolute atomic E-state index is 0.996. The van der Waals surface area contributed by atoms with Gasteiger partial charge in [-0.3, -0.25) is 0 Å². The van der Waals surface area contributed by atoms with Crippen LogP contribution in [0.5, 0.6) is 0 Å². The number of hydrogen-bond acceptors (Lipinski definition) is 1. The summed E-state index contributed by atoms with van der Waals surface area (Å²) in [4.78, 5) is 0. The van der Waals surface area contributed by atoms with Crippen molar-refractivity contribution in [3.05, 3.63) is 35.9 Å². The Morgan fingerprint density at radius 3 is 2.64 bits per heavy atom. The summed E-state index contributed by atoms with van der Waals surface area (Å²) in [6, 6.07) is 13.3. The average molecular weight is 206 g/mol. The molecule has 1 aromatic rings. The Hall–Kier alpha value is -0.603. The van der Waals surface area contributed by atoms with Crippen molar-refractivity contribution in [1.29, 1.82) is 0 Å². The first-order valence-electron chi connectivity index (χ1n) is 5.46. The number of hydrogen-bond donors (Lipinski definition) is 0. The van der Waals surface area contributed by atoms with Gasteiger partial charge in [-0.15, -0.1) is 0 Å². The second-order valence-electron chi connectivity index (χ2n) is 4.42. The Balaban J connectivity index is 2.02. The minimum atomic E-state index is -1.38. The van der Waals surface area contributed by atoms with Crippen LogP contribution in [0.1, 0.15) is 18.4 Å². The summed E-state index contributed by atoms with van der Waals surface area (Å²) in [5.41, 5.74) is 1.45. The summed E-state index contributed by atoms with van der Waals surface area (Å²) >= 11 is 0. The van der Waals surface area contributed by atoms with Gasteiger partial charge in [-0.25, -0.2) is 0 Å². The molecule has 1 fully saturated rings. The van der Waals surface area contributed by atoms with Crippen molar-refractivity contribution in [1.82, 2.24) is 0 Å². The Kier molecular flexibility index (Phi) is 3.04. The summed E-state index contributed by atoms with van der Waals surface area (Å²) in [5.74, 6) is 0. The molecule has 0 N–H and O–H groups in total. The zero-order valence-electron chi connectivity index (χ0n) is 8.83. The number of rotatable bonds is 2. The first-order valence-corrected chi connectivity index (χ1v) is 8.29. The lowest BCUT2D eigenvalue weighted by Gasteiger charge is -2.31. The van der Waals surface area contributed by atoms with E-state index in [1.807, 2.05) is 0 Å². The smallest absolute Gasteiger partial charge is 0.194 e. The molecule has 1 atom stereocenters. The molecule has 1 aliphatic rings. The van der Waals surface area contributed by atoms with Gasteiger partial charge >= 0.3 is 0 Å². The van der Waals surface area contributed by atoms with Crippen LogP contribution >= 0.6 is 0 Å². The van der Waals surface area contributed by atoms with E-state index in [1.165, 1.54) is 30.5 Å². The van der Waals surface area contributed by atoms with Crippen LogP contribution in [-0.4, -0.2) is 14.9 Å². The fraction of sp³-hybridized carbons (Fsp3) is 0.500. The maximum atomic E-state index is 6.01. The van der Waals surface area contributed by atoms with Crippen LogP contribution < -0.4 is 0 Å². The zero-order valence-corrected chi connectivity index (χ0v) is 9.83. The maximum absolute atomic E-state index is 6.01. The van der Waals surface area contributed by atoms with Crippen LogP contribution in [0, 0.1) is 0 Å². The third-order valence-electron chi connectivity index (χ3n) is 2.97. The van der Waals surface area contributed by atoms with Crippen molar-refractivity contribution in [3.8, 4) is 0 Å². The van der Waals surface area contributed by atoms with E-state index in [-0.39, 0.29) is 0 Å². The van der Waals surface area contributed by atoms with E-state index in [2.05, 4.69) is 36.9 Å². The van der Waals surface area contributed by atoms with E-state index >= 15 is 0 Å². The summed E-state index contributed by atoms with van der Waals surface area (Å²) in [5, 5.41) is 0. The molecule has 1 aliphatic heterocycles. The van der Waals surface area contributed by atoms with Crippen LogP contribution in [0.25, 0.3) is 0 Å². The quantitative estimate of drug-likeness (QED) is 0.675. The Morgan fingerprint density at radius 2 is 2.00 bits per heavy atom. The second kappa shape index (κ2) is 4.28. The van der Waals surface area contributed by atoms with Crippen molar-refractivity contribution >= 4 is 8.32 Å². The van der Waals surface area contributed by atoms with E-state index < -0.39 is 8.32 Å². The summed E-state index contributed by atoms with van der Waals surface area (Å²) < 4.78 is 6.01. The Labute approximate surface area is 87.2 Å². The SMILES string of the molecule is C[Si]1(Cc2ccccc2)CCCCO1. The van der Waals surface area contributed by atoms with E-state index in [4.69, 9.17) is 4.43 Å². The molecule has 1 aromatic carbocycles. The summed E-state index contributed by atoms with van der Waals surface area (Å²) in [6.45, 7) is 3.37. The van der Waals surface area contributed by atoms with Crippen LogP contribution in [0.3, 0.4) is 0 Å². The van der Waals surface area contributed by atoms with Crippen molar-refractivity contribution in [2.45, 2.75) is 31.5 Å². The molecular formula is C12H18OSi. The first-order chi connectivity index (χ1) is 6.79. The maximum Gasteiger partial charge on any atom is 0.194 e. The third-order valence-corrected chi connectivity index (χ3v) is 6.44. The number of benzene rings is 1. The van der Waals surface area contributed by atoms with Crippen LogP contribution in [0.2, 0.25) is 12.6 Å². The fourth-order valence-electron chi connectivity index (χ4n) is 2.16. The fourth-order valence-corrected chi connectivity index (χ4v) is 5.32. The van der Waals surface area contributed by atoms with E-state index in [0.717, 1.165) is 6.61 Å². The molecule has 1 saturated heterocycles. The van der Waals surface area contributed by atoms with Crippen molar-refractivity contribution in [3.63, 3.8) is 0 Å². The Bertz CT molecular complexity index is 278. The van der Waals surface area contributed by atoms with Gasteiger partial charge in [-0.2, -0.15) is 0 Å². The highest BCUT2D eigenvalue weighted by Crippen LogP contribution is 2.25. The highest BCUT2D eigenvalue weighted by Gasteiger charge is 2.31. The van der Waals surface area contributed by atoms with Gasteiger partial charge in [0.15, 0.2) is 8.32 Å². The lowest BCUT2D eigenvalue weighted by Crippen LogP contribution is -2.40. The van der Waals surface area contributed by atoms with Crippen LogP contribution in [-0.2, 0) is 10.5 Å². The minimum Gasteiger partial charge on any atom is -0.417 e. The van der Waals surface area contributed by atoms with Gasteiger partial charge in [0, 0.05) is 6.61 Å². The predicted molar refractivity (Wildman–Crippen MR) is 61.8 cm³/mol. The zero-order chi connectivity index (χ0) is 9.86. The molecule has 1 nitrogen and oxygen atoms in total. The summed E-state index contributed by atoms with van der Waals surface area (Å²) in [7, 11) is -1.38. The van der Waals surface area contributed by atoms with E-state index in [0.29, 0.717) is 0 Å². The lowest BCUT2D eigenvalue weighted by atomic mass is 10.2. The third kappa shape index (κ3) is 2.46. The predicted octanol–water partition coefficient (Wildman–Crippen LogP) is 3.15. The molecule has 0 aliphatic carbocycles. The average Bonchev–Trinajstić information content (AvgIpc) is 2.19. The highest BCUT2D eigenvalue weighted by atomic mass is 28.4. The van der Waals surface area contributed by atoms with Crippen molar-refractivity contribution in [2.24, 2.45) is 0 Å². The molecule has 1 unspecified atom stereocenters. The molecule has 1 heterocycles. The molecule has 76 valence electrons. The second-order valence-corrected chi connectivity index (χ2v) is 8.46. The van der Waals surface area contributed by atoms with Gasteiger partial charge in [0.1, 0.15) is 0 Å². The van der Waals surface area contributed by atoms with Gasteiger partial charge in [0.25, 0.3) is 0 Å². The molecule has 0 saturated carbocycles. The van der Waals surface area contributed by atoms with Crippen LogP contribution in [0.15, 0.2) is 30.3 Å². The summed E-state index contributed by atoms with van der Waals surface area (Å²) in [6.07, 6.45) is 2.63. The monoisotopic (exact) mass is 206 g/mol.